The number of benzene rings is 2. The zero-order chi connectivity index (χ0) is 20.2. The Morgan fingerprint density at radius 2 is 1.83 bits per heavy atom. The molecule has 2 unspecified atom stereocenters. The third kappa shape index (κ3) is 4.60. The van der Waals surface area contributed by atoms with Gasteiger partial charge in [0.1, 0.15) is 29.2 Å². The molecule has 0 bridgehead atoms. The lowest BCUT2D eigenvalue weighted by Crippen LogP contribution is -2.25. The molecular weight excluding hydrogens is 360 g/mol. The number of hydrogen-bond acceptors (Lipinski definition) is 4. The van der Waals surface area contributed by atoms with Crippen molar-refractivity contribution in [2.45, 2.75) is 32.8 Å². The van der Waals surface area contributed by atoms with Crippen molar-refractivity contribution in [3.8, 4) is 11.5 Å². The highest BCUT2D eigenvalue weighted by molar-refractivity contribution is 5.79. The maximum absolute atomic E-state index is 6.28. The Labute approximate surface area is 172 Å². The molecule has 29 heavy (non-hydrogen) atoms. The second kappa shape index (κ2) is 8.39. The van der Waals surface area contributed by atoms with Crippen LogP contribution in [-0.4, -0.2) is 12.3 Å². The summed E-state index contributed by atoms with van der Waals surface area (Å²) in [4.78, 5) is 4.31. The number of rotatable bonds is 5. The summed E-state index contributed by atoms with van der Waals surface area (Å²) in [6.07, 6.45) is 9.65. The van der Waals surface area contributed by atoms with Gasteiger partial charge in [-0.3, -0.25) is 0 Å². The molecule has 4 rings (SSSR count). The summed E-state index contributed by atoms with van der Waals surface area (Å²) < 4.78 is 12.2. The fraction of sp³-hybridized carbons (Fsp3) is 0.240. The fourth-order valence-electron chi connectivity index (χ4n) is 3.52. The minimum absolute atomic E-state index is 0.174. The van der Waals surface area contributed by atoms with Crippen LogP contribution in [0.1, 0.15) is 30.9 Å². The molecule has 4 heteroatoms. The summed E-state index contributed by atoms with van der Waals surface area (Å²) in [5.74, 6) is 3.54. The smallest absolute Gasteiger partial charge is 0.133 e. The first-order chi connectivity index (χ1) is 14.1. The first-order valence-electron chi connectivity index (χ1n) is 10.0. The van der Waals surface area contributed by atoms with Gasteiger partial charge in [0.15, 0.2) is 0 Å². The minimum Gasteiger partial charge on any atom is -0.485 e. The zero-order valence-electron chi connectivity index (χ0n) is 16.8. The Morgan fingerprint density at radius 3 is 2.55 bits per heavy atom. The minimum atomic E-state index is -0.174. The van der Waals surface area contributed by atoms with E-state index in [4.69, 9.17) is 15.2 Å². The predicted octanol–water partition coefficient (Wildman–Crippen LogP) is 5.40. The van der Waals surface area contributed by atoms with Gasteiger partial charge < -0.3 is 15.2 Å². The lowest BCUT2D eigenvalue weighted by Gasteiger charge is -2.25. The Kier molecular flexibility index (Phi) is 5.52. The normalized spacial score (nSPS) is 21.1. The van der Waals surface area contributed by atoms with E-state index >= 15 is 0 Å². The van der Waals surface area contributed by atoms with Crippen molar-refractivity contribution in [3.63, 3.8) is 0 Å². The molecule has 0 spiro atoms. The van der Waals surface area contributed by atoms with Gasteiger partial charge in [0.25, 0.3) is 0 Å². The molecule has 0 saturated carbocycles. The molecule has 1 aliphatic carbocycles. The van der Waals surface area contributed by atoms with E-state index in [9.17, 15) is 0 Å². The van der Waals surface area contributed by atoms with E-state index in [0.29, 0.717) is 18.2 Å². The van der Waals surface area contributed by atoms with E-state index in [1.54, 1.807) is 0 Å². The Hall–Kier alpha value is -3.27. The van der Waals surface area contributed by atoms with E-state index in [1.807, 2.05) is 42.6 Å². The molecule has 0 saturated heterocycles. The average Bonchev–Trinajstić information content (AvgIpc) is 2.71. The Bertz CT molecular complexity index is 1000. The van der Waals surface area contributed by atoms with Crippen molar-refractivity contribution in [1.82, 2.24) is 0 Å². The Morgan fingerprint density at radius 1 is 1.03 bits per heavy atom. The van der Waals surface area contributed by atoms with Crippen LogP contribution in [-0.2, 0) is 0 Å². The van der Waals surface area contributed by atoms with Gasteiger partial charge in [0.05, 0.1) is 0 Å². The highest BCUT2D eigenvalue weighted by atomic mass is 16.5. The molecule has 2 atom stereocenters. The lowest BCUT2D eigenvalue weighted by atomic mass is 9.95. The van der Waals surface area contributed by atoms with Crippen molar-refractivity contribution in [2.75, 3.05) is 0 Å². The van der Waals surface area contributed by atoms with E-state index in [2.05, 4.69) is 49.2 Å². The van der Waals surface area contributed by atoms with E-state index in [0.717, 1.165) is 34.8 Å². The monoisotopic (exact) mass is 386 g/mol. The summed E-state index contributed by atoms with van der Waals surface area (Å²) in [6, 6.07) is 16.0. The molecule has 2 N–H and O–H groups in total. The zero-order valence-corrected chi connectivity index (χ0v) is 16.8. The van der Waals surface area contributed by atoms with E-state index < -0.39 is 0 Å². The molecule has 1 aliphatic heterocycles. The van der Waals surface area contributed by atoms with Crippen molar-refractivity contribution in [3.05, 3.63) is 89.5 Å². The van der Waals surface area contributed by atoms with Gasteiger partial charge in [-0.15, -0.1) is 0 Å². The van der Waals surface area contributed by atoms with E-state index in [1.165, 1.54) is 5.56 Å². The topological polar surface area (TPSA) is 56.8 Å². The molecule has 148 valence electrons. The van der Waals surface area contributed by atoms with Gasteiger partial charge >= 0.3 is 0 Å². The molecule has 2 aromatic rings. The summed E-state index contributed by atoms with van der Waals surface area (Å²) in [5.41, 5.74) is 9.37. The second-order valence-electron chi connectivity index (χ2n) is 7.57. The van der Waals surface area contributed by atoms with Gasteiger partial charge in [-0.25, -0.2) is 4.99 Å². The van der Waals surface area contributed by atoms with Crippen LogP contribution in [0.2, 0.25) is 0 Å². The third-order valence-corrected chi connectivity index (χ3v) is 5.09. The maximum atomic E-state index is 6.28. The molecule has 0 aromatic heterocycles. The van der Waals surface area contributed by atoms with Gasteiger partial charge in [-0.1, -0.05) is 42.8 Å². The van der Waals surface area contributed by atoms with Crippen LogP contribution in [0.3, 0.4) is 0 Å². The van der Waals surface area contributed by atoms with Crippen LogP contribution in [0.4, 0.5) is 0 Å². The fourth-order valence-corrected chi connectivity index (χ4v) is 3.52. The predicted molar refractivity (Wildman–Crippen MR) is 118 cm³/mol. The number of aryl methyl sites for hydroxylation is 1. The quantitative estimate of drug-likeness (QED) is 0.748. The van der Waals surface area contributed by atoms with Crippen LogP contribution in [0.15, 0.2) is 83.3 Å². The van der Waals surface area contributed by atoms with Crippen LogP contribution in [0.5, 0.6) is 11.5 Å². The number of allylic oxidation sites excluding steroid dienone is 3. The second-order valence-corrected chi connectivity index (χ2v) is 7.57. The summed E-state index contributed by atoms with van der Waals surface area (Å²) in [5, 5.41) is 0. The first kappa shape index (κ1) is 19.1. The Balaban J connectivity index is 1.48. The highest BCUT2D eigenvalue weighted by Gasteiger charge is 2.23. The van der Waals surface area contributed by atoms with Crippen molar-refractivity contribution >= 4 is 11.8 Å². The van der Waals surface area contributed by atoms with Crippen LogP contribution >= 0.6 is 0 Å². The molecule has 2 aromatic carbocycles. The maximum Gasteiger partial charge on any atom is 0.133 e. The number of nitrogens with two attached hydrogens (primary N) is 1. The van der Waals surface area contributed by atoms with Gasteiger partial charge in [-0.05, 0) is 61.2 Å². The van der Waals surface area contributed by atoms with Crippen molar-refractivity contribution < 1.29 is 9.47 Å². The highest BCUT2D eigenvalue weighted by Crippen LogP contribution is 2.31. The summed E-state index contributed by atoms with van der Waals surface area (Å²) in [7, 11) is 0. The average molecular weight is 386 g/mol. The molecule has 1 heterocycles. The largest absolute Gasteiger partial charge is 0.485 e. The molecular formula is C25H26N2O2. The molecule has 2 aliphatic rings. The van der Waals surface area contributed by atoms with Crippen molar-refractivity contribution in [1.29, 1.82) is 0 Å². The number of aliphatic imine (C=N–C) groups is 1. The molecule has 0 radical (unpaired) electrons. The third-order valence-electron chi connectivity index (χ3n) is 5.09. The number of hydrogen-bond donors (Lipinski definition) is 1. The molecule has 0 fully saturated rings. The molecule has 4 nitrogen and oxygen atoms in total. The van der Waals surface area contributed by atoms with Crippen molar-refractivity contribution in [2.24, 2.45) is 16.6 Å². The number of nitrogens with zero attached hydrogens (tertiary/aromatic N) is 1. The van der Waals surface area contributed by atoms with Gasteiger partial charge in [-0.2, -0.15) is 0 Å². The van der Waals surface area contributed by atoms with Crippen LogP contribution < -0.4 is 15.2 Å². The van der Waals surface area contributed by atoms with Gasteiger partial charge in [0.2, 0.25) is 0 Å². The van der Waals surface area contributed by atoms with Crippen LogP contribution in [0, 0.1) is 12.8 Å². The van der Waals surface area contributed by atoms with Crippen LogP contribution in [0.25, 0.3) is 5.57 Å². The SMILES string of the molecule is Cc1cccc(C2=C(N)N=CCC2Oc2ccc(OC3=CCC(C)C=C3)cc2)c1. The summed E-state index contributed by atoms with van der Waals surface area (Å²) >= 11 is 0. The lowest BCUT2D eigenvalue weighted by molar-refractivity contribution is 0.265. The molecule has 0 amide bonds. The van der Waals surface area contributed by atoms with Gasteiger partial charge in [0, 0.05) is 18.2 Å². The number of ether oxygens (including phenoxy) is 2. The first-order valence-corrected chi connectivity index (χ1v) is 10.0. The van der Waals surface area contributed by atoms with E-state index in [-0.39, 0.29) is 6.10 Å². The standard InChI is InChI=1S/C25H26N2O2/c1-17-6-8-20(9-7-17)28-21-10-12-22(13-11-21)29-23-14-15-27-25(26)24(23)19-5-3-4-18(2)16-19/h3-6,8-13,15-17,23H,7,14,26H2,1-2H3. The summed E-state index contributed by atoms with van der Waals surface area (Å²) in [6.45, 7) is 4.26.